The van der Waals surface area contributed by atoms with Crippen LogP contribution in [0.2, 0.25) is 0 Å². The van der Waals surface area contributed by atoms with Crippen LogP contribution in [0.4, 0.5) is 0 Å². The molecule has 0 amide bonds. The molecule has 0 saturated carbocycles. The van der Waals surface area contributed by atoms with Gasteiger partial charge >= 0.3 is 17.9 Å². The molecule has 8 nitrogen and oxygen atoms in total. The van der Waals surface area contributed by atoms with Gasteiger partial charge in [-0.3, -0.25) is 0 Å². The molecule has 1 aliphatic heterocycles. The summed E-state index contributed by atoms with van der Waals surface area (Å²) in [5.74, 6) is -2.13. The van der Waals surface area contributed by atoms with Crippen molar-refractivity contribution in [1.29, 1.82) is 0 Å². The summed E-state index contributed by atoms with van der Waals surface area (Å²) in [6.07, 6.45) is 5.74. The summed E-state index contributed by atoms with van der Waals surface area (Å²) >= 11 is 0. The zero-order chi connectivity index (χ0) is 26.6. The minimum Gasteiger partial charge on any atom is -0.464 e. The lowest BCUT2D eigenvalue weighted by Crippen LogP contribution is -2.29. The fourth-order valence-electron chi connectivity index (χ4n) is 3.88. The normalized spacial score (nSPS) is 13.5. The smallest absolute Gasteiger partial charge is 0.336 e. The van der Waals surface area contributed by atoms with Crippen LogP contribution in [0.1, 0.15) is 37.8 Å². The van der Waals surface area contributed by atoms with Crippen molar-refractivity contribution in [2.75, 3.05) is 19.8 Å². The number of hydrogen-bond donors (Lipinski definition) is 0. The summed E-state index contributed by atoms with van der Waals surface area (Å²) in [5.41, 5.74) is 2.05. The van der Waals surface area contributed by atoms with Crippen molar-refractivity contribution in [1.82, 2.24) is 4.90 Å². The number of rotatable bonds is 11. The van der Waals surface area contributed by atoms with Gasteiger partial charge in [-0.1, -0.05) is 48.5 Å². The summed E-state index contributed by atoms with van der Waals surface area (Å²) in [4.78, 5) is 39.8. The van der Waals surface area contributed by atoms with Gasteiger partial charge in [0.1, 0.15) is 5.75 Å². The Morgan fingerprint density at radius 2 is 1.35 bits per heavy atom. The van der Waals surface area contributed by atoms with Crippen LogP contribution in [0.15, 0.2) is 90.5 Å². The fraction of sp³-hybridized carbons (Fsp3) is 0.276. The molecule has 1 heterocycles. The molecule has 0 atom stereocenters. The number of ether oxygens (including phenoxy) is 4. The number of esters is 3. The van der Waals surface area contributed by atoms with E-state index < -0.39 is 23.8 Å². The van der Waals surface area contributed by atoms with Crippen molar-refractivity contribution >= 4 is 17.9 Å². The predicted octanol–water partition coefficient (Wildman–Crippen LogP) is 4.64. The molecular weight excluding hydrogens is 474 g/mol. The van der Waals surface area contributed by atoms with Gasteiger partial charge in [0.25, 0.3) is 0 Å². The van der Waals surface area contributed by atoms with Crippen LogP contribution >= 0.6 is 0 Å². The maximum absolute atomic E-state index is 13.2. The third-order valence-electron chi connectivity index (χ3n) is 5.38. The van der Waals surface area contributed by atoms with E-state index in [1.54, 1.807) is 62.3 Å². The Bertz CT molecular complexity index is 1150. The molecule has 0 spiro atoms. The van der Waals surface area contributed by atoms with Crippen molar-refractivity contribution in [3.05, 3.63) is 102 Å². The van der Waals surface area contributed by atoms with Crippen molar-refractivity contribution in [3.63, 3.8) is 0 Å². The van der Waals surface area contributed by atoms with E-state index in [9.17, 15) is 14.4 Å². The van der Waals surface area contributed by atoms with E-state index in [2.05, 4.69) is 0 Å². The van der Waals surface area contributed by atoms with E-state index in [4.69, 9.17) is 18.9 Å². The molecule has 1 aliphatic rings. The van der Waals surface area contributed by atoms with Crippen molar-refractivity contribution < 1.29 is 33.3 Å². The molecule has 3 rings (SSSR count). The molecule has 0 saturated heterocycles. The zero-order valence-corrected chi connectivity index (χ0v) is 21.2. The Hall–Kier alpha value is -4.33. The largest absolute Gasteiger partial charge is 0.464 e. The molecule has 8 heteroatoms. The number of carbonyl (C=O) groups is 3. The molecule has 0 N–H and O–H groups in total. The van der Waals surface area contributed by atoms with E-state index in [0.29, 0.717) is 17.9 Å². The van der Waals surface area contributed by atoms with Crippen molar-refractivity contribution in [2.24, 2.45) is 0 Å². The summed E-state index contributed by atoms with van der Waals surface area (Å²) in [5, 5.41) is 0. The highest BCUT2D eigenvalue weighted by molar-refractivity contribution is 5.99. The Morgan fingerprint density at radius 1 is 0.784 bits per heavy atom. The highest BCUT2D eigenvalue weighted by Gasteiger charge is 2.37. The van der Waals surface area contributed by atoms with Gasteiger partial charge in [0.15, 0.2) is 0 Å². The van der Waals surface area contributed by atoms with Crippen LogP contribution in [0.5, 0.6) is 5.75 Å². The SMILES string of the molecule is CCOC(=O)/C=C/Oc1ccccc1C1C(C(=O)OCC)=CN(Cc2ccccc2)C=C1C(=O)OCC. The first-order chi connectivity index (χ1) is 18.0. The molecular formula is C29H31NO7. The number of hydrogen-bond acceptors (Lipinski definition) is 8. The van der Waals surface area contributed by atoms with Gasteiger partial charge in [-0.25, -0.2) is 14.4 Å². The third kappa shape index (κ3) is 7.33. The molecule has 194 valence electrons. The number of benzene rings is 2. The van der Waals surface area contributed by atoms with Gasteiger partial charge in [-0.15, -0.1) is 0 Å². The van der Waals surface area contributed by atoms with Crippen LogP contribution in [-0.4, -0.2) is 42.6 Å². The van der Waals surface area contributed by atoms with E-state index >= 15 is 0 Å². The van der Waals surface area contributed by atoms with Gasteiger partial charge in [0, 0.05) is 24.5 Å². The quantitative estimate of drug-likeness (QED) is 0.189. The van der Waals surface area contributed by atoms with Crippen molar-refractivity contribution in [2.45, 2.75) is 33.2 Å². The van der Waals surface area contributed by atoms with Gasteiger partial charge < -0.3 is 23.8 Å². The maximum atomic E-state index is 13.2. The predicted molar refractivity (Wildman–Crippen MR) is 137 cm³/mol. The highest BCUT2D eigenvalue weighted by atomic mass is 16.5. The minimum absolute atomic E-state index is 0.167. The lowest BCUT2D eigenvalue weighted by molar-refractivity contribution is -0.140. The summed E-state index contributed by atoms with van der Waals surface area (Å²) in [7, 11) is 0. The second-order valence-electron chi connectivity index (χ2n) is 7.91. The van der Waals surface area contributed by atoms with E-state index in [1.165, 1.54) is 6.26 Å². The lowest BCUT2D eigenvalue weighted by atomic mass is 9.82. The van der Waals surface area contributed by atoms with Gasteiger partial charge in [0.05, 0.1) is 49.2 Å². The average molecular weight is 506 g/mol. The molecule has 37 heavy (non-hydrogen) atoms. The second-order valence-corrected chi connectivity index (χ2v) is 7.91. The molecule has 0 aliphatic carbocycles. The van der Waals surface area contributed by atoms with Crippen LogP contribution in [-0.2, 0) is 35.1 Å². The molecule has 0 fully saturated rings. The topological polar surface area (TPSA) is 91.4 Å². The number of nitrogens with zero attached hydrogens (tertiary/aromatic N) is 1. The Kier molecular flexibility index (Phi) is 10.1. The Balaban J connectivity index is 2.07. The van der Waals surface area contributed by atoms with Crippen LogP contribution in [0.25, 0.3) is 0 Å². The lowest BCUT2D eigenvalue weighted by Gasteiger charge is -2.31. The first kappa shape index (κ1) is 27.3. The van der Waals surface area contributed by atoms with Gasteiger partial charge in [-0.2, -0.15) is 0 Å². The first-order valence-electron chi connectivity index (χ1n) is 12.1. The monoisotopic (exact) mass is 505 g/mol. The van der Waals surface area contributed by atoms with Crippen molar-refractivity contribution in [3.8, 4) is 5.75 Å². The summed E-state index contributed by atoms with van der Waals surface area (Å²) in [6.45, 7) is 6.15. The van der Waals surface area contributed by atoms with Crippen LogP contribution in [0.3, 0.4) is 0 Å². The molecule has 2 aromatic carbocycles. The number of carbonyl (C=O) groups excluding carboxylic acids is 3. The van der Waals surface area contributed by atoms with E-state index in [0.717, 1.165) is 11.6 Å². The van der Waals surface area contributed by atoms with Crippen LogP contribution < -0.4 is 4.74 Å². The summed E-state index contributed by atoms with van der Waals surface area (Å²) in [6, 6.07) is 16.7. The maximum Gasteiger partial charge on any atom is 0.336 e. The van der Waals surface area contributed by atoms with E-state index in [-0.39, 0.29) is 31.0 Å². The second kappa shape index (κ2) is 13.7. The zero-order valence-electron chi connectivity index (χ0n) is 21.2. The average Bonchev–Trinajstić information content (AvgIpc) is 2.89. The third-order valence-corrected chi connectivity index (χ3v) is 5.38. The Labute approximate surface area is 216 Å². The number of para-hydroxylation sites is 1. The van der Waals surface area contributed by atoms with Gasteiger partial charge in [0.2, 0.25) is 0 Å². The Morgan fingerprint density at radius 3 is 1.95 bits per heavy atom. The summed E-state index contributed by atoms with van der Waals surface area (Å²) < 4.78 is 21.4. The van der Waals surface area contributed by atoms with Gasteiger partial charge in [-0.05, 0) is 32.4 Å². The molecule has 0 radical (unpaired) electrons. The highest BCUT2D eigenvalue weighted by Crippen LogP contribution is 2.41. The first-order valence-corrected chi connectivity index (χ1v) is 12.1. The fourth-order valence-corrected chi connectivity index (χ4v) is 3.88. The van der Waals surface area contributed by atoms with Crippen LogP contribution in [0, 0.1) is 0 Å². The molecule has 2 aromatic rings. The van der Waals surface area contributed by atoms with E-state index in [1.807, 2.05) is 30.3 Å². The molecule has 0 bridgehead atoms. The standard InChI is InChI=1S/C29H31NO7/c1-4-34-26(31)16-17-37-25-15-11-10-14-22(25)27-23(28(32)35-5-2)19-30(18-21-12-8-7-9-13-21)20-24(27)29(33)36-6-3/h7-17,19-20,27H,4-6,18H2,1-3H3/b17-16+. The molecule has 0 aromatic heterocycles. The minimum atomic E-state index is -0.822. The molecule has 0 unspecified atom stereocenters.